The topological polar surface area (TPSA) is 82.1 Å². The maximum Gasteiger partial charge on any atom is 0.343 e. The first-order chi connectivity index (χ1) is 11.8. The van der Waals surface area contributed by atoms with Crippen LogP contribution in [0.5, 0.6) is 0 Å². The van der Waals surface area contributed by atoms with Crippen LogP contribution < -0.4 is 0 Å². The number of aliphatic hydroxyl groups is 1. The van der Waals surface area contributed by atoms with Crippen molar-refractivity contribution in [1.29, 1.82) is 0 Å². The Morgan fingerprint density at radius 3 is 2.32 bits per heavy atom. The SMILES string of the molecule is COC(=O)C12OC3C(O)CC(C)(c4ccccc41)C2C3(C)C(=O)OC. The highest BCUT2D eigenvalue weighted by Gasteiger charge is 2.81. The average Bonchev–Trinajstić information content (AvgIpc) is 2.98. The first-order valence-corrected chi connectivity index (χ1v) is 8.41. The average molecular weight is 346 g/mol. The second kappa shape index (κ2) is 4.83. The van der Waals surface area contributed by atoms with E-state index >= 15 is 0 Å². The third-order valence-electron chi connectivity index (χ3n) is 6.59. The second-order valence-electron chi connectivity index (χ2n) is 7.71. The molecule has 2 aliphatic carbocycles. The van der Waals surface area contributed by atoms with E-state index in [1.54, 1.807) is 6.92 Å². The van der Waals surface area contributed by atoms with Crippen LogP contribution in [0.25, 0.3) is 0 Å². The van der Waals surface area contributed by atoms with E-state index in [9.17, 15) is 14.7 Å². The molecule has 2 bridgehead atoms. The van der Waals surface area contributed by atoms with Crippen molar-refractivity contribution < 1.29 is 28.9 Å². The monoisotopic (exact) mass is 346 g/mol. The molecular formula is C19H22O6. The largest absolute Gasteiger partial charge is 0.469 e. The van der Waals surface area contributed by atoms with Gasteiger partial charge in [0.2, 0.25) is 0 Å². The number of esters is 2. The summed E-state index contributed by atoms with van der Waals surface area (Å²) >= 11 is 0. The molecule has 1 aromatic rings. The van der Waals surface area contributed by atoms with Crippen molar-refractivity contribution >= 4 is 11.9 Å². The van der Waals surface area contributed by atoms with Crippen molar-refractivity contribution in [1.82, 2.24) is 0 Å². The van der Waals surface area contributed by atoms with Gasteiger partial charge in [0.15, 0.2) is 5.60 Å². The number of rotatable bonds is 2. The van der Waals surface area contributed by atoms with Gasteiger partial charge in [0.25, 0.3) is 0 Å². The molecule has 4 rings (SSSR count). The molecule has 134 valence electrons. The Kier molecular flexibility index (Phi) is 3.19. The van der Waals surface area contributed by atoms with Crippen molar-refractivity contribution in [2.24, 2.45) is 11.3 Å². The fraction of sp³-hybridized carbons (Fsp3) is 0.579. The lowest BCUT2D eigenvalue weighted by atomic mass is 9.53. The number of ether oxygens (including phenoxy) is 3. The second-order valence-corrected chi connectivity index (χ2v) is 7.71. The maximum absolute atomic E-state index is 13.0. The predicted molar refractivity (Wildman–Crippen MR) is 86.6 cm³/mol. The molecule has 0 radical (unpaired) electrons. The minimum absolute atomic E-state index is 0.407. The highest BCUT2D eigenvalue weighted by atomic mass is 16.6. The minimum Gasteiger partial charge on any atom is -0.469 e. The molecule has 0 spiro atoms. The summed E-state index contributed by atoms with van der Waals surface area (Å²) in [6, 6.07) is 7.52. The first kappa shape index (κ1) is 16.5. The van der Waals surface area contributed by atoms with E-state index in [-0.39, 0.29) is 0 Å². The fourth-order valence-corrected chi connectivity index (χ4v) is 5.90. The Morgan fingerprint density at radius 2 is 1.72 bits per heavy atom. The molecule has 1 saturated heterocycles. The molecule has 1 N–H and O–H groups in total. The van der Waals surface area contributed by atoms with Crippen molar-refractivity contribution in [2.45, 2.75) is 43.5 Å². The zero-order valence-electron chi connectivity index (χ0n) is 14.7. The summed E-state index contributed by atoms with van der Waals surface area (Å²) in [4.78, 5) is 25.8. The number of hydrogen-bond donors (Lipinski definition) is 1. The van der Waals surface area contributed by atoms with E-state index in [1.807, 2.05) is 31.2 Å². The van der Waals surface area contributed by atoms with Crippen LogP contribution in [0.4, 0.5) is 0 Å². The lowest BCUT2D eigenvalue weighted by Crippen LogP contribution is -2.59. The molecule has 25 heavy (non-hydrogen) atoms. The molecule has 1 aromatic carbocycles. The van der Waals surface area contributed by atoms with Gasteiger partial charge in [-0.05, 0) is 24.5 Å². The molecule has 1 saturated carbocycles. The van der Waals surface area contributed by atoms with Gasteiger partial charge in [0.05, 0.1) is 20.3 Å². The lowest BCUT2D eigenvalue weighted by Gasteiger charge is -2.48. The van der Waals surface area contributed by atoms with Crippen LogP contribution in [-0.4, -0.2) is 43.5 Å². The number of aliphatic hydroxyl groups excluding tert-OH is 1. The van der Waals surface area contributed by atoms with Gasteiger partial charge < -0.3 is 19.3 Å². The number of benzene rings is 1. The van der Waals surface area contributed by atoms with Crippen LogP contribution in [0.1, 0.15) is 31.4 Å². The molecule has 2 fully saturated rings. The van der Waals surface area contributed by atoms with Crippen LogP contribution >= 0.6 is 0 Å². The maximum atomic E-state index is 13.0. The fourth-order valence-electron chi connectivity index (χ4n) is 5.90. The molecule has 1 heterocycles. The molecule has 6 unspecified atom stereocenters. The van der Waals surface area contributed by atoms with E-state index in [4.69, 9.17) is 14.2 Å². The molecule has 6 heteroatoms. The Balaban J connectivity index is 2.08. The summed E-state index contributed by atoms with van der Waals surface area (Å²) in [5, 5.41) is 10.8. The summed E-state index contributed by atoms with van der Waals surface area (Å²) < 4.78 is 16.4. The first-order valence-electron chi connectivity index (χ1n) is 8.41. The van der Waals surface area contributed by atoms with Crippen molar-refractivity contribution in [3.63, 3.8) is 0 Å². The van der Waals surface area contributed by atoms with E-state index in [0.29, 0.717) is 6.42 Å². The highest BCUT2D eigenvalue weighted by Crippen LogP contribution is 2.71. The van der Waals surface area contributed by atoms with Crippen LogP contribution in [0.15, 0.2) is 24.3 Å². The number of hydrogen-bond acceptors (Lipinski definition) is 6. The zero-order valence-corrected chi connectivity index (χ0v) is 14.7. The van der Waals surface area contributed by atoms with Crippen LogP contribution in [-0.2, 0) is 34.8 Å². The third-order valence-corrected chi connectivity index (χ3v) is 6.59. The minimum atomic E-state index is -1.41. The van der Waals surface area contributed by atoms with Gasteiger partial charge in [-0.15, -0.1) is 0 Å². The molecular weight excluding hydrogens is 324 g/mol. The van der Waals surface area contributed by atoms with Gasteiger partial charge in [0, 0.05) is 11.3 Å². The number of fused-ring (bicyclic) bond motifs is 4. The molecule has 0 amide bonds. The Hall–Kier alpha value is -1.92. The van der Waals surface area contributed by atoms with Crippen LogP contribution in [0.2, 0.25) is 0 Å². The normalized spacial score (nSPS) is 43.5. The number of carbonyl (C=O) groups excluding carboxylic acids is 2. The summed E-state index contributed by atoms with van der Waals surface area (Å²) in [6.07, 6.45) is -1.30. The van der Waals surface area contributed by atoms with Gasteiger partial charge in [-0.1, -0.05) is 31.2 Å². The van der Waals surface area contributed by atoms with E-state index in [1.165, 1.54) is 14.2 Å². The van der Waals surface area contributed by atoms with Gasteiger partial charge in [0.1, 0.15) is 11.5 Å². The molecule has 0 aromatic heterocycles. The third kappa shape index (κ3) is 1.58. The van der Waals surface area contributed by atoms with E-state index in [2.05, 4.69) is 0 Å². The predicted octanol–water partition coefficient (Wildman–Crippen LogP) is 1.29. The molecule has 1 aliphatic heterocycles. The van der Waals surface area contributed by atoms with Crippen LogP contribution in [0, 0.1) is 11.3 Å². The zero-order chi connectivity index (χ0) is 18.2. The molecule has 3 aliphatic rings. The lowest BCUT2D eigenvalue weighted by molar-refractivity contribution is -0.177. The van der Waals surface area contributed by atoms with Crippen molar-refractivity contribution in [3.05, 3.63) is 35.4 Å². The van der Waals surface area contributed by atoms with Crippen LogP contribution in [0.3, 0.4) is 0 Å². The van der Waals surface area contributed by atoms with Gasteiger partial charge >= 0.3 is 11.9 Å². The van der Waals surface area contributed by atoms with Gasteiger partial charge in [-0.25, -0.2) is 4.79 Å². The van der Waals surface area contributed by atoms with E-state index in [0.717, 1.165) is 11.1 Å². The molecule has 6 atom stereocenters. The summed E-state index contributed by atoms with van der Waals surface area (Å²) in [5.74, 6) is -1.54. The Bertz CT molecular complexity index is 775. The number of methoxy groups -OCH3 is 2. The van der Waals surface area contributed by atoms with Crippen molar-refractivity contribution in [2.75, 3.05) is 14.2 Å². The standard InChI is InChI=1S/C19H22O6/c1-17-9-12(20)13-18(2,15(21)23-3)14(17)19(25-13,16(22)24-4)11-8-6-5-7-10(11)17/h5-8,12-14,20H,9H2,1-4H3. The van der Waals surface area contributed by atoms with Gasteiger partial charge in [-0.2, -0.15) is 0 Å². The Labute approximate surface area is 146 Å². The number of carbonyl (C=O) groups is 2. The summed E-state index contributed by atoms with van der Waals surface area (Å²) in [5.41, 5.74) is -1.55. The molecule has 6 nitrogen and oxygen atoms in total. The van der Waals surface area contributed by atoms with Gasteiger partial charge in [-0.3, -0.25) is 4.79 Å². The quantitative estimate of drug-likeness (QED) is 0.813. The Morgan fingerprint density at radius 1 is 1.12 bits per heavy atom. The summed E-state index contributed by atoms with van der Waals surface area (Å²) in [6.45, 7) is 3.71. The smallest absolute Gasteiger partial charge is 0.343 e. The van der Waals surface area contributed by atoms with E-state index < -0.39 is 46.5 Å². The van der Waals surface area contributed by atoms with Crippen molar-refractivity contribution in [3.8, 4) is 0 Å². The highest BCUT2D eigenvalue weighted by molar-refractivity contribution is 5.90. The summed E-state index contributed by atoms with van der Waals surface area (Å²) in [7, 11) is 2.63.